The van der Waals surface area contributed by atoms with Crippen molar-refractivity contribution in [2.75, 3.05) is 39.0 Å². The molecule has 0 bridgehead atoms. The number of benzene rings is 3. The van der Waals surface area contributed by atoms with Gasteiger partial charge in [0.05, 0.1) is 27.3 Å². The largest absolute Gasteiger partial charge is 0.350 e. The van der Waals surface area contributed by atoms with E-state index in [1.807, 2.05) is 54.2 Å². The number of aromatic nitrogens is 3. The molecule has 0 radical (unpaired) electrons. The van der Waals surface area contributed by atoms with E-state index < -0.39 is 10.0 Å². The minimum Gasteiger partial charge on any atom is -0.350 e. The first kappa shape index (κ1) is 34.0. The Kier molecular flexibility index (Phi) is 10.2. The second-order valence-corrected chi connectivity index (χ2v) is 14.5. The molecule has 2 aromatic heterocycles. The molecule has 1 N–H and O–H groups in total. The van der Waals surface area contributed by atoms with Crippen molar-refractivity contribution in [3.05, 3.63) is 120 Å². The Morgan fingerprint density at radius 2 is 1.76 bits per heavy atom. The smallest absolute Gasteiger partial charge is 0.268 e. The van der Waals surface area contributed by atoms with Crippen LogP contribution in [0.25, 0.3) is 22.2 Å². The van der Waals surface area contributed by atoms with Crippen LogP contribution < -0.4 is 5.32 Å². The highest BCUT2D eigenvalue weighted by Gasteiger charge is 2.27. The highest BCUT2D eigenvalue weighted by molar-refractivity contribution is 7.90. The molecule has 12 heteroatoms. The first-order valence-corrected chi connectivity index (χ1v) is 17.8. The van der Waals surface area contributed by atoms with Gasteiger partial charge in [0.2, 0.25) is 5.95 Å². The lowest BCUT2D eigenvalue weighted by Crippen LogP contribution is -2.45. The summed E-state index contributed by atoms with van der Waals surface area (Å²) in [4.78, 5) is 38.9. The van der Waals surface area contributed by atoms with E-state index in [0.29, 0.717) is 53.3 Å². The first-order chi connectivity index (χ1) is 23.6. The Hall–Kier alpha value is -4.84. The number of amides is 1. The Bertz CT molecular complexity index is 2110. The van der Waals surface area contributed by atoms with Crippen molar-refractivity contribution in [2.45, 2.75) is 30.2 Å². The molecule has 1 atom stereocenters. The van der Waals surface area contributed by atoms with Crippen LogP contribution in [0.1, 0.15) is 28.8 Å². The zero-order valence-electron chi connectivity index (χ0n) is 27.3. The SMILES string of the molecule is CN(C)C/C=C/C(=O)Cc1ccc(C(=O)N2CCCC(Nc3ncc(Cl)c(-c4cn(S(=O)(=O)c5ccccc5)c5ccccc45)n3)C2)cc1. The minimum atomic E-state index is -3.89. The average molecular weight is 697 g/mol. The second kappa shape index (κ2) is 14.7. The summed E-state index contributed by atoms with van der Waals surface area (Å²) in [5.41, 5.74) is 2.87. The summed E-state index contributed by atoms with van der Waals surface area (Å²) in [6.07, 6.45) is 8.37. The number of rotatable bonds is 11. The summed E-state index contributed by atoms with van der Waals surface area (Å²) in [7, 11) is -0.00489. The molecule has 0 saturated carbocycles. The van der Waals surface area contributed by atoms with E-state index in [0.717, 1.165) is 18.4 Å². The molecule has 3 heterocycles. The topological polar surface area (TPSA) is 117 Å². The molecule has 1 amide bonds. The molecular formula is C37H37ClN6O4S. The fourth-order valence-electron chi connectivity index (χ4n) is 5.93. The summed E-state index contributed by atoms with van der Waals surface area (Å²) in [5, 5.41) is 4.33. The number of carbonyl (C=O) groups is 2. The number of para-hydroxylation sites is 1. The number of carbonyl (C=O) groups excluding carboxylic acids is 2. The third-order valence-corrected chi connectivity index (χ3v) is 10.3. The molecule has 6 rings (SSSR count). The summed E-state index contributed by atoms with van der Waals surface area (Å²) in [5.74, 6) is 0.261. The van der Waals surface area contributed by atoms with Gasteiger partial charge in [-0.15, -0.1) is 0 Å². The molecule has 0 spiro atoms. The van der Waals surface area contributed by atoms with E-state index in [1.54, 1.807) is 66.9 Å². The molecule has 10 nitrogen and oxygen atoms in total. The van der Waals surface area contributed by atoms with Crippen molar-refractivity contribution in [1.82, 2.24) is 23.7 Å². The number of allylic oxidation sites excluding steroid dienone is 1. The Morgan fingerprint density at radius 3 is 2.51 bits per heavy atom. The molecule has 49 heavy (non-hydrogen) atoms. The van der Waals surface area contributed by atoms with Gasteiger partial charge in [0.1, 0.15) is 0 Å². The van der Waals surface area contributed by atoms with E-state index in [2.05, 4.69) is 10.3 Å². The molecule has 5 aromatic rings. The van der Waals surface area contributed by atoms with Gasteiger partial charge in [-0.2, -0.15) is 0 Å². The number of likely N-dealkylation sites (N-methyl/N-ethyl adjacent to an activating group) is 1. The summed E-state index contributed by atoms with van der Waals surface area (Å²) >= 11 is 6.63. The predicted octanol–water partition coefficient (Wildman–Crippen LogP) is 5.93. The Morgan fingerprint density at radius 1 is 1.02 bits per heavy atom. The van der Waals surface area contributed by atoms with Crippen molar-refractivity contribution in [1.29, 1.82) is 0 Å². The maximum atomic E-state index is 13.6. The second-order valence-electron chi connectivity index (χ2n) is 12.3. The monoisotopic (exact) mass is 696 g/mol. The number of nitrogens with one attached hydrogen (secondary N) is 1. The zero-order chi connectivity index (χ0) is 34.5. The van der Waals surface area contributed by atoms with Crippen LogP contribution in [0.4, 0.5) is 5.95 Å². The van der Waals surface area contributed by atoms with Gasteiger partial charge >= 0.3 is 0 Å². The molecule has 1 aliphatic rings. The number of hydrogen-bond donors (Lipinski definition) is 1. The fourth-order valence-corrected chi connectivity index (χ4v) is 7.52. The third-order valence-electron chi connectivity index (χ3n) is 8.37. The molecule has 1 aliphatic heterocycles. The van der Waals surface area contributed by atoms with Crippen LogP contribution in [0.5, 0.6) is 0 Å². The lowest BCUT2D eigenvalue weighted by Gasteiger charge is -2.33. The van der Waals surface area contributed by atoms with E-state index in [1.165, 1.54) is 10.2 Å². The van der Waals surface area contributed by atoms with Crippen LogP contribution in [-0.4, -0.2) is 83.6 Å². The zero-order valence-corrected chi connectivity index (χ0v) is 28.9. The molecular weight excluding hydrogens is 660 g/mol. The normalized spacial score (nSPS) is 15.3. The number of halogens is 1. The van der Waals surface area contributed by atoms with Crippen LogP contribution in [-0.2, 0) is 21.2 Å². The molecule has 1 unspecified atom stereocenters. The predicted molar refractivity (Wildman–Crippen MR) is 192 cm³/mol. The summed E-state index contributed by atoms with van der Waals surface area (Å²) in [6.45, 7) is 1.77. The Labute approximate surface area is 291 Å². The minimum absolute atomic E-state index is 0.0152. The number of fused-ring (bicyclic) bond motifs is 1. The van der Waals surface area contributed by atoms with Crippen LogP contribution in [0.15, 0.2) is 108 Å². The van der Waals surface area contributed by atoms with E-state index in [9.17, 15) is 18.0 Å². The van der Waals surface area contributed by atoms with Gasteiger partial charge in [-0.05, 0) is 68.9 Å². The highest BCUT2D eigenvalue weighted by atomic mass is 35.5. The van der Waals surface area contributed by atoms with E-state index >= 15 is 0 Å². The van der Waals surface area contributed by atoms with Crippen molar-refractivity contribution in [3.63, 3.8) is 0 Å². The van der Waals surface area contributed by atoms with E-state index in [4.69, 9.17) is 16.6 Å². The van der Waals surface area contributed by atoms with Gasteiger partial charge in [0, 0.05) is 54.8 Å². The van der Waals surface area contributed by atoms with Crippen LogP contribution in [0.2, 0.25) is 5.02 Å². The quantitative estimate of drug-likeness (QED) is 0.169. The number of piperidine rings is 1. The lowest BCUT2D eigenvalue weighted by molar-refractivity contribution is -0.114. The number of likely N-dealkylation sites (tertiary alicyclic amines) is 1. The third kappa shape index (κ3) is 7.75. The van der Waals surface area contributed by atoms with Crippen LogP contribution in [0.3, 0.4) is 0 Å². The van der Waals surface area contributed by atoms with Gasteiger partial charge < -0.3 is 15.1 Å². The first-order valence-electron chi connectivity index (χ1n) is 16.0. The van der Waals surface area contributed by atoms with Crippen LogP contribution >= 0.6 is 11.6 Å². The number of ketones is 1. The van der Waals surface area contributed by atoms with Crippen molar-refractivity contribution < 1.29 is 18.0 Å². The number of hydrogen-bond acceptors (Lipinski definition) is 8. The maximum Gasteiger partial charge on any atom is 0.268 e. The van der Waals surface area contributed by atoms with Crippen molar-refractivity contribution in [2.24, 2.45) is 0 Å². The summed E-state index contributed by atoms with van der Waals surface area (Å²) in [6, 6.07) is 22.6. The standard InChI is InChI=1S/C37H37ClN6O4S/c1-42(2)20-9-11-29(45)22-26-16-18-27(19-17-26)36(46)43-21-8-10-28(24-43)40-37-39-23-33(38)35(41-37)32-25-44(34-15-7-6-14-31(32)34)49(47,48)30-12-4-3-5-13-30/h3-7,9,11-19,23,25,28H,8,10,20-22,24H2,1-2H3,(H,39,40,41)/b11-9+. The maximum absolute atomic E-state index is 13.6. The molecule has 1 saturated heterocycles. The lowest BCUT2D eigenvalue weighted by atomic mass is 10.0. The van der Waals surface area contributed by atoms with Gasteiger partial charge in [0.25, 0.3) is 15.9 Å². The van der Waals surface area contributed by atoms with Crippen molar-refractivity contribution >= 4 is 50.2 Å². The van der Waals surface area contributed by atoms with Gasteiger partial charge in [-0.3, -0.25) is 9.59 Å². The van der Waals surface area contributed by atoms with Crippen molar-refractivity contribution in [3.8, 4) is 11.3 Å². The number of nitrogens with zero attached hydrogens (tertiary/aromatic N) is 5. The van der Waals surface area contributed by atoms with Gasteiger partial charge in [0.15, 0.2) is 5.78 Å². The van der Waals surface area contributed by atoms with Gasteiger partial charge in [-0.25, -0.2) is 22.4 Å². The molecule has 0 aliphatic carbocycles. The average Bonchev–Trinajstić information content (AvgIpc) is 3.50. The fraction of sp³-hybridized carbons (Fsp3) is 0.243. The number of anilines is 1. The molecule has 3 aromatic carbocycles. The Balaban J connectivity index is 1.17. The van der Waals surface area contributed by atoms with Crippen LogP contribution in [0, 0.1) is 0 Å². The van der Waals surface area contributed by atoms with E-state index in [-0.39, 0.29) is 34.1 Å². The molecule has 252 valence electrons. The highest BCUT2D eigenvalue weighted by Crippen LogP contribution is 2.36. The van der Waals surface area contributed by atoms with Gasteiger partial charge in [-0.1, -0.05) is 66.2 Å². The molecule has 1 fully saturated rings. The summed E-state index contributed by atoms with van der Waals surface area (Å²) < 4.78 is 28.5.